The van der Waals surface area contributed by atoms with Gasteiger partial charge in [-0.2, -0.15) is 0 Å². The van der Waals surface area contributed by atoms with E-state index in [2.05, 4.69) is 25.6 Å². The summed E-state index contributed by atoms with van der Waals surface area (Å²) in [6, 6.07) is 7.75. The summed E-state index contributed by atoms with van der Waals surface area (Å²) in [5, 5.41) is 0.330. The fraction of sp³-hybridized carbons (Fsp3) is 0. The number of nitrogens with zero attached hydrogens (tertiary/aromatic N) is 1. The minimum atomic E-state index is -3.82. The summed E-state index contributed by atoms with van der Waals surface area (Å²) in [5.74, 6) is 0. The highest BCUT2D eigenvalue weighted by Gasteiger charge is 2.19. The standard InChI is InChI=1S/C11H7BrCl2N2O2S/c12-7-4-10(11(14)15-6-7)19(17,18)16-9-3-1-2-8(13)5-9/h1-6,16H. The number of nitrogens with one attached hydrogen (secondary N) is 1. The summed E-state index contributed by atoms with van der Waals surface area (Å²) < 4.78 is 27.3. The Balaban J connectivity index is 2.40. The third kappa shape index (κ3) is 3.60. The minimum Gasteiger partial charge on any atom is -0.279 e. The lowest BCUT2D eigenvalue weighted by molar-refractivity contribution is 0.601. The van der Waals surface area contributed by atoms with E-state index < -0.39 is 10.0 Å². The smallest absolute Gasteiger partial charge is 0.265 e. The van der Waals surface area contributed by atoms with Gasteiger partial charge < -0.3 is 0 Å². The lowest BCUT2D eigenvalue weighted by Gasteiger charge is -2.09. The summed E-state index contributed by atoms with van der Waals surface area (Å²) in [4.78, 5) is 3.67. The predicted molar refractivity (Wildman–Crippen MR) is 79.2 cm³/mol. The van der Waals surface area contributed by atoms with Crippen LogP contribution in [0.2, 0.25) is 10.2 Å². The van der Waals surface area contributed by atoms with Crippen LogP contribution >= 0.6 is 39.1 Å². The van der Waals surface area contributed by atoms with Gasteiger partial charge in [0.1, 0.15) is 10.0 Å². The summed E-state index contributed by atoms with van der Waals surface area (Å²) in [5.41, 5.74) is 0.351. The van der Waals surface area contributed by atoms with E-state index in [0.717, 1.165) is 0 Å². The first-order valence-electron chi connectivity index (χ1n) is 4.98. The number of benzene rings is 1. The van der Waals surface area contributed by atoms with E-state index in [-0.39, 0.29) is 10.0 Å². The number of aromatic nitrogens is 1. The first-order chi connectivity index (χ1) is 8.88. The number of anilines is 1. The highest BCUT2D eigenvalue weighted by Crippen LogP contribution is 2.25. The monoisotopic (exact) mass is 380 g/mol. The maximum atomic E-state index is 12.2. The van der Waals surface area contributed by atoms with Gasteiger partial charge in [0.2, 0.25) is 0 Å². The minimum absolute atomic E-state index is 0.0993. The molecule has 0 fully saturated rings. The van der Waals surface area contributed by atoms with Crippen LogP contribution in [0.15, 0.2) is 45.9 Å². The van der Waals surface area contributed by atoms with Crippen LogP contribution in [-0.2, 0) is 10.0 Å². The summed E-state index contributed by atoms with van der Waals surface area (Å²) in [6.07, 6.45) is 1.42. The van der Waals surface area contributed by atoms with Gasteiger partial charge in [-0.15, -0.1) is 0 Å². The Hall–Kier alpha value is -0.820. The maximum Gasteiger partial charge on any atom is 0.265 e. The third-order valence-corrected chi connectivity index (χ3v) is 4.62. The molecule has 1 N–H and O–H groups in total. The van der Waals surface area contributed by atoms with Crippen molar-refractivity contribution in [1.82, 2.24) is 4.98 Å². The highest BCUT2D eigenvalue weighted by molar-refractivity contribution is 9.10. The number of sulfonamides is 1. The van der Waals surface area contributed by atoms with Crippen LogP contribution in [0.3, 0.4) is 0 Å². The molecule has 0 bridgehead atoms. The molecule has 4 nitrogen and oxygen atoms in total. The molecule has 19 heavy (non-hydrogen) atoms. The Bertz CT molecular complexity index is 722. The quantitative estimate of drug-likeness (QED) is 0.818. The second kappa shape index (κ2) is 5.66. The maximum absolute atomic E-state index is 12.2. The van der Waals surface area contributed by atoms with Gasteiger partial charge in [-0.1, -0.05) is 29.3 Å². The first kappa shape index (κ1) is 14.6. The molecule has 0 saturated heterocycles. The van der Waals surface area contributed by atoms with Gasteiger partial charge in [0, 0.05) is 15.7 Å². The molecular weight excluding hydrogens is 375 g/mol. The number of hydrogen-bond donors (Lipinski definition) is 1. The van der Waals surface area contributed by atoms with Crippen LogP contribution in [0, 0.1) is 0 Å². The van der Waals surface area contributed by atoms with Crippen molar-refractivity contribution in [3.63, 3.8) is 0 Å². The zero-order chi connectivity index (χ0) is 14.0. The van der Waals surface area contributed by atoms with Crippen LogP contribution in [-0.4, -0.2) is 13.4 Å². The van der Waals surface area contributed by atoms with Crippen LogP contribution in [0.5, 0.6) is 0 Å². The largest absolute Gasteiger partial charge is 0.279 e. The van der Waals surface area contributed by atoms with E-state index in [1.165, 1.54) is 18.3 Å². The molecule has 0 aliphatic rings. The molecule has 1 aromatic heterocycles. The Kier molecular flexibility index (Phi) is 4.35. The molecule has 0 saturated carbocycles. The molecule has 2 aromatic rings. The summed E-state index contributed by atoms with van der Waals surface area (Å²) in [7, 11) is -3.82. The number of hydrogen-bond acceptors (Lipinski definition) is 3. The van der Waals surface area contributed by atoms with Crippen LogP contribution in [0.1, 0.15) is 0 Å². The van der Waals surface area contributed by atoms with Crippen molar-refractivity contribution in [2.75, 3.05) is 4.72 Å². The normalized spacial score (nSPS) is 11.3. The molecule has 8 heteroatoms. The van der Waals surface area contributed by atoms with Gasteiger partial charge in [-0.05, 0) is 40.2 Å². The molecular formula is C11H7BrCl2N2O2S. The van der Waals surface area contributed by atoms with Gasteiger partial charge in [-0.25, -0.2) is 13.4 Å². The molecule has 1 heterocycles. The average Bonchev–Trinajstić information content (AvgIpc) is 2.31. The molecule has 0 aliphatic carbocycles. The van der Waals surface area contributed by atoms with Crippen LogP contribution in [0.4, 0.5) is 5.69 Å². The summed E-state index contributed by atoms with van der Waals surface area (Å²) >= 11 is 14.7. The molecule has 0 radical (unpaired) electrons. The van der Waals surface area contributed by atoms with Crippen molar-refractivity contribution in [2.45, 2.75) is 4.90 Å². The zero-order valence-corrected chi connectivity index (χ0v) is 13.2. The zero-order valence-electron chi connectivity index (χ0n) is 9.27. The fourth-order valence-corrected chi connectivity index (χ4v) is 3.54. The number of rotatable bonds is 3. The molecule has 0 unspecified atom stereocenters. The molecule has 0 aliphatic heterocycles. The molecule has 1 aromatic carbocycles. The van der Waals surface area contributed by atoms with E-state index in [1.54, 1.807) is 18.2 Å². The molecule has 0 spiro atoms. The van der Waals surface area contributed by atoms with Crippen molar-refractivity contribution in [3.05, 3.63) is 51.2 Å². The van der Waals surface area contributed by atoms with Crippen molar-refractivity contribution in [2.24, 2.45) is 0 Å². The van der Waals surface area contributed by atoms with Crippen LogP contribution < -0.4 is 4.72 Å². The van der Waals surface area contributed by atoms with Crippen LogP contribution in [0.25, 0.3) is 0 Å². The van der Waals surface area contributed by atoms with Gasteiger partial charge in [-0.3, -0.25) is 4.72 Å². The van der Waals surface area contributed by atoms with Crippen molar-refractivity contribution >= 4 is 54.8 Å². The average molecular weight is 382 g/mol. The second-order valence-corrected chi connectivity index (χ2v) is 6.92. The van der Waals surface area contributed by atoms with Gasteiger partial charge in [0.25, 0.3) is 10.0 Å². The van der Waals surface area contributed by atoms with E-state index in [9.17, 15) is 8.42 Å². The Morgan fingerprint density at radius 3 is 2.63 bits per heavy atom. The molecule has 0 atom stereocenters. The Morgan fingerprint density at radius 1 is 1.21 bits per heavy atom. The lowest BCUT2D eigenvalue weighted by atomic mass is 10.3. The van der Waals surface area contributed by atoms with E-state index in [0.29, 0.717) is 15.2 Å². The van der Waals surface area contributed by atoms with Gasteiger partial charge >= 0.3 is 0 Å². The second-order valence-electron chi connectivity index (χ2n) is 3.56. The van der Waals surface area contributed by atoms with E-state index in [4.69, 9.17) is 23.2 Å². The van der Waals surface area contributed by atoms with Crippen molar-refractivity contribution < 1.29 is 8.42 Å². The van der Waals surface area contributed by atoms with Crippen molar-refractivity contribution in [3.8, 4) is 0 Å². The Morgan fingerprint density at radius 2 is 1.95 bits per heavy atom. The SMILES string of the molecule is O=S(=O)(Nc1cccc(Cl)c1)c1cc(Br)cnc1Cl. The number of pyridine rings is 1. The van der Waals surface area contributed by atoms with Gasteiger partial charge in [0.15, 0.2) is 0 Å². The predicted octanol–water partition coefficient (Wildman–Crippen LogP) is 3.95. The molecule has 0 amide bonds. The van der Waals surface area contributed by atoms with Gasteiger partial charge in [0.05, 0.1) is 5.69 Å². The number of halogens is 3. The fourth-order valence-electron chi connectivity index (χ4n) is 1.35. The topological polar surface area (TPSA) is 59.1 Å². The summed E-state index contributed by atoms with van der Waals surface area (Å²) in [6.45, 7) is 0. The van der Waals surface area contributed by atoms with E-state index >= 15 is 0 Å². The molecule has 100 valence electrons. The third-order valence-electron chi connectivity index (χ3n) is 2.14. The van der Waals surface area contributed by atoms with Crippen molar-refractivity contribution in [1.29, 1.82) is 0 Å². The Labute approximate surface area is 128 Å². The van der Waals surface area contributed by atoms with E-state index in [1.807, 2.05) is 0 Å². The molecule has 2 rings (SSSR count). The highest BCUT2D eigenvalue weighted by atomic mass is 79.9. The lowest BCUT2D eigenvalue weighted by Crippen LogP contribution is -2.14. The first-order valence-corrected chi connectivity index (χ1v) is 8.01.